The lowest BCUT2D eigenvalue weighted by molar-refractivity contribution is -0.0169. The average molecular weight is 194 g/mol. The number of hydrogen-bond acceptors (Lipinski definition) is 5. The van der Waals surface area contributed by atoms with E-state index in [0.29, 0.717) is 13.0 Å². The van der Waals surface area contributed by atoms with Gasteiger partial charge in [-0.05, 0) is 12.5 Å². The summed E-state index contributed by atoms with van der Waals surface area (Å²) in [6.45, 7) is 0.585. The predicted molar refractivity (Wildman–Crippen MR) is 51.1 cm³/mol. The molecule has 76 valence electrons. The molecule has 2 heterocycles. The molecular weight excluding hydrogens is 180 g/mol. The highest BCUT2D eigenvalue weighted by Crippen LogP contribution is 2.28. The smallest absolute Gasteiger partial charge is 0.115 e. The van der Waals surface area contributed by atoms with Crippen molar-refractivity contribution in [1.82, 2.24) is 9.97 Å². The third kappa shape index (κ3) is 1.75. The Morgan fingerprint density at radius 2 is 2.43 bits per heavy atom. The van der Waals surface area contributed by atoms with Crippen LogP contribution >= 0.6 is 0 Å². The van der Waals surface area contributed by atoms with Crippen molar-refractivity contribution in [3.05, 3.63) is 24.3 Å². The van der Waals surface area contributed by atoms with E-state index in [-0.39, 0.29) is 6.23 Å². The number of rotatable bonds is 1. The van der Waals surface area contributed by atoms with Gasteiger partial charge in [0.15, 0.2) is 0 Å². The van der Waals surface area contributed by atoms with Crippen LogP contribution in [0.3, 0.4) is 0 Å². The highest BCUT2D eigenvalue weighted by atomic mass is 16.5. The molecule has 0 bridgehead atoms. The Kier molecular flexibility index (Phi) is 2.45. The summed E-state index contributed by atoms with van der Waals surface area (Å²) in [7, 11) is 0. The Morgan fingerprint density at radius 1 is 1.57 bits per heavy atom. The summed E-state index contributed by atoms with van der Waals surface area (Å²) < 4.78 is 5.25. The first-order valence-electron chi connectivity index (χ1n) is 4.63. The third-order valence-corrected chi connectivity index (χ3v) is 2.54. The van der Waals surface area contributed by atoms with E-state index in [0.717, 1.165) is 12.1 Å². The molecule has 2 atom stereocenters. The number of nitrogens with two attached hydrogens (primary N) is 2. The van der Waals surface area contributed by atoms with Gasteiger partial charge in [-0.25, -0.2) is 9.97 Å². The van der Waals surface area contributed by atoms with Crippen LogP contribution in [0.4, 0.5) is 0 Å². The molecular formula is C9H14N4O. The van der Waals surface area contributed by atoms with Crippen LogP contribution in [0, 0.1) is 0 Å². The lowest BCUT2D eigenvalue weighted by Gasteiger charge is -2.35. The van der Waals surface area contributed by atoms with Crippen LogP contribution in [0.5, 0.6) is 0 Å². The number of aromatic nitrogens is 2. The summed E-state index contributed by atoms with van der Waals surface area (Å²) in [5.41, 5.74) is 12.3. The average Bonchev–Trinajstić information content (AvgIpc) is 2.19. The van der Waals surface area contributed by atoms with Crippen LogP contribution in [0.25, 0.3) is 0 Å². The lowest BCUT2D eigenvalue weighted by atomic mass is 9.86. The second-order valence-electron chi connectivity index (χ2n) is 3.61. The SMILES string of the molecule is NC1CC(N)(c2ccncn2)CCO1. The van der Waals surface area contributed by atoms with Gasteiger partial charge in [0.2, 0.25) is 0 Å². The fourth-order valence-corrected chi connectivity index (χ4v) is 1.73. The van der Waals surface area contributed by atoms with Crippen molar-refractivity contribution in [2.45, 2.75) is 24.6 Å². The van der Waals surface area contributed by atoms with E-state index < -0.39 is 5.54 Å². The van der Waals surface area contributed by atoms with Crippen LogP contribution in [-0.4, -0.2) is 22.8 Å². The molecule has 4 N–H and O–H groups in total. The fourth-order valence-electron chi connectivity index (χ4n) is 1.73. The van der Waals surface area contributed by atoms with Crippen LogP contribution in [-0.2, 0) is 10.3 Å². The highest BCUT2D eigenvalue weighted by molar-refractivity contribution is 5.13. The van der Waals surface area contributed by atoms with Crippen molar-refractivity contribution in [1.29, 1.82) is 0 Å². The molecule has 1 aromatic heterocycles. The standard InChI is InChI=1S/C9H14N4O/c10-8-5-9(11,2-4-14-8)7-1-3-12-6-13-7/h1,3,6,8H,2,4-5,10-11H2. The molecule has 5 heteroatoms. The molecule has 2 rings (SSSR count). The Bertz CT molecular complexity index is 305. The van der Waals surface area contributed by atoms with Crippen molar-refractivity contribution in [2.24, 2.45) is 11.5 Å². The number of ether oxygens (including phenoxy) is 1. The van der Waals surface area contributed by atoms with Gasteiger partial charge in [0.25, 0.3) is 0 Å². The van der Waals surface area contributed by atoms with Crippen molar-refractivity contribution in [3.8, 4) is 0 Å². The Hall–Kier alpha value is -1.04. The van der Waals surface area contributed by atoms with Crippen LogP contribution in [0.15, 0.2) is 18.6 Å². The fraction of sp³-hybridized carbons (Fsp3) is 0.556. The highest BCUT2D eigenvalue weighted by Gasteiger charge is 2.34. The van der Waals surface area contributed by atoms with Gasteiger partial charge >= 0.3 is 0 Å². The van der Waals surface area contributed by atoms with Crippen molar-refractivity contribution >= 4 is 0 Å². The van der Waals surface area contributed by atoms with E-state index in [4.69, 9.17) is 16.2 Å². The van der Waals surface area contributed by atoms with Gasteiger partial charge in [0, 0.05) is 12.6 Å². The van der Waals surface area contributed by atoms with Gasteiger partial charge in [0.05, 0.1) is 17.8 Å². The largest absolute Gasteiger partial charge is 0.363 e. The van der Waals surface area contributed by atoms with Crippen LogP contribution < -0.4 is 11.5 Å². The zero-order valence-corrected chi connectivity index (χ0v) is 7.89. The van der Waals surface area contributed by atoms with E-state index in [9.17, 15) is 0 Å². The molecule has 14 heavy (non-hydrogen) atoms. The minimum absolute atomic E-state index is 0.288. The number of nitrogens with zero attached hydrogens (tertiary/aromatic N) is 2. The van der Waals surface area contributed by atoms with Crippen molar-refractivity contribution in [2.75, 3.05) is 6.61 Å². The zero-order chi connectivity index (χ0) is 10.0. The first-order valence-corrected chi connectivity index (χ1v) is 4.63. The zero-order valence-electron chi connectivity index (χ0n) is 7.89. The molecule has 1 aliphatic rings. The Morgan fingerprint density at radius 3 is 3.07 bits per heavy atom. The summed E-state index contributed by atoms with van der Waals surface area (Å²) in [6, 6.07) is 1.83. The summed E-state index contributed by atoms with van der Waals surface area (Å²) >= 11 is 0. The Labute approximate surface area is 82.5 Å². The van der Waals surface area contributed by atoms with Crippen LogP contribution in [0.1, 0.15) is 18.5 Å². The minimum Gasteiger partial charge on any atom is -0.363 e. The lowest BCUT2D eigenvalue weighted by Crippen LogP contribution is -2.48. The van der Waals surface area contributed by atoms with Crippen molar-refractivity contribution < 1.29 is 4.74 Å². The molecule has 5 nitrogen and oxygen atoms in total. The molecule has 0 aromatic carbocycles. The van der Waals surface area contributed by atoms with Gasteiger partial charge in [-0.2, -0.15) is 0 Å². The molecule has 0 radical (unpaired) electrons. The monoisotopic (exact) mass is 194 g/mol. The maximum absolute atomic E-state index is 6.22. The summed E-state index contributed by atoms with van der Waals surface area (Å²) in [4.78, 5) is 8.02. The van der Waals surface area contributed by atoms with E-state index >= 15 is 0 Å². The summed E-state index contributed by atoms with van der Waals surface area (Å²) in [5, 5.41) is 0. The molecule has 1 saturated heterocycles. The maximum Gasteiger partial charge on any atom is 0.115 e. The van der Waals surface area contributed by atoms with E-state index in [1.54, 1.807) is 6.20 Å². The number of hydrogen-bond donors (Lipinski definition) is 2. The molecule has 1 aromatic rings. The van der Waals surface area contributed by atoms with E-state index in [1.807, 2.05) is 6.07 Å². The third-order valence-electron chi connectivity index (χ3n) is 2.54. The molecule has 0 spiro atoms. The van der Waals surface area contributed by atoms with Crippen LogP contribution in [0.2, 0.25) is 0 Å². The second-order valence-corrected chi connectivity index (χ2v) is 3.61. The molecule has 0 aliphatic carbocycles. The Balaban J connectivity index is 2.23. The second kappa shape index (κ2) is 3.61. The molecule has 0 amide bonds. The van der Waals surface area contributed by atoms with E-state index in [2.05, 4.69) is 9.97 Å². The van der Waals surface area contributed by atoms with Gasteiger partial charge in [-0.1, -0.05) is 0 Å². The first-order chi connectivity index (χ1) is 6.71. The van der Waals surface area contributed by atoms with Gasteiger partial charge in [0.1, 0.15) is 12.6 Å². The topological polar surface area (TPSA) is 87.1 Å². The molecule has 1 aliphatic heterocycles. The van der Waals surface area contributed by atoms with E-state index in [1.165, 1.54) is 6.33 Å². The molecule has 0 saturated carbocycles. The van der Waals surface area contributed by atoms with Gasteiger partial charge in [-0.3, -0.25) is 0 Å². The summed E-state index contributed by atoms with van der Waals surface area (Å²) in [6.07, 6.45) is 4.26. The molecule has 2 unspecified atom stereocenters. The molecule has 1 fully saturated rings. The maximum atomic E-state index is 6.22. The van der Waals surface area contributed by atoms with Gasteiger partial charge < -0.3 is 16.2 Å². The quantitative estimate of drug-likeness (QED) is 0.642. The van der Waals surface area contributed by atoms with Gasteiger partial charge in [-0.15, -0.1) is 0 Å². The predicted octanol–water partition coefficient (Wildman–Crippen LogP) is -0.274. The summed E-state index contributed by atoms with van der Waals surface area (Å²) in [5.74, 6) is 0. The minimum atomic E-state index is -0.458. The normalized spacial score (nSPS) is 32.9. The van der Waals surface area contributed by atoms with Crippen molar-refractivity contribution in [3.63, 3.8) is 0 Å². The first kappa shape index (κ1) is 9.51.